The van der Waals surface area contributed by atoms with E-state index in [0.29, 0.717) is 17.9 Å². The van der Waals surface area contributed by atoms with Gasteiger partial charge in [-0.2, -0.15) is 11.8 Å². The first-order valence-electron chi connectivity index (χ1n) is 11.0. The number of thioether (sulfide) groups is 1. The lowest BCUT2D eigenvalue weighted by Crippen LogP contribution is -2.49. The number of methoxy groups -OCH3 is 1. The standard InChI is InChI=1S/C25H33ClN2OS/c1-28-21-9-12-25(28)24(23(15-21)19-5-7-20(26)8-6-19)16-27-13-14-30-17-18-3-10-22(29-2)11-4-18/h3-8,10-11,21,23-25,27H,9,12-17H2,1-2H3. The number of ether oxygens (including phenoxy) is 1. The Morgan fingerprint density at radius 1 is 1.10 bits per heavy atom. The second kappa shape index (κ2) is 10.4. The fourth-order valence-electron chi connectivity index (χ4n) is 5.27. The molecule has 2 bridgehead atoms. The van der Waals surface area contributed by atoms with Gasteiger partial charge in [-0.25, -0.2) is 0 Å². The number of hydrogen-bond donors (Lipinski definition) is 1. The molecule has 0 spiro atoms. The summed E-state index contributed by atoms with van der Waals surface area (Å²) >= 11 is 8.13. The van der Waals surface area contributed by atoms with Gasteiger partial charge in [-0.1, -0.05) is 35.9 Å². The van der Waals surface area contributed by atoms with E-state index in [1.165, 1.54) is 30.4 Å². The Balaban J connectivity index is 1.27. The summed E-state index contributed by atoms with van der Waals surface area (Å²) in [5, 5.41) is 4.61. The molecule has 4 unspecified atom stereocenters. The summed E-state index contributed by atoms with van der Waals surface area (Å²) in [5.41, 5.74) is 2.82. The molecule has 2 aliphatic rings. The molecule has 3 nitrogen and oxygen atoms in total. The molecule has 4 rings (SSSR count). The Morgan fingerprint density at radius 2 is 1.87 bits per heavy atom. The van der Waals surface area contributed by atoms with Crippen LogP contribution in [0.25, 0.3) is 0 Å². The molecule has 2 heterocycles. The monoisotopic (exact) mass is 444 g/mol. The fraction of sp³-hybridized carbons (Fsp3) is 0.520. The highest BCUT2D eigenvalue weighted by molar-refractivity contribution is 7.98. The molecule has 30 heavy (non-hydrogen) atoms. The van der Waals surface area contributed by atoms with Gasteiger partial charge in [-0.3, -0.25) is 0 Å². The molecule has 2 fully saturated rings. The smallest absolute Gasteiger partial charge is 0.118 e. The van der Waals surface area contributed by atoms with Gasteiger partial charge in [0.05, 0.1) is 7.11 Å². The van der Waals surface area contributed by atoms with E-state index in [1.54, 1.807) is 7.11 Å². The predicted molar refractivity (Wildman–Crippen MR) is 129 cm³/mol. The Morgan fingerprint density at radius 3 is 2.60 bits per heavy atom. The van der Waals surface area contributed by atoms with Crippen molar-refractivity contribution in [3.05, 3.63) is 64.7 Å². The van der Waals surface area contributed by atoms with Crippen molar-refractivity contribution < 1.29 is 4.74 Å². The van der Waals surface area contributed by atoms with Crippen LogP contribution >= 0.6 is 23.4 Å². The van der Waals surface area contributed by atoms with Crippen molar-refractivity contribution >= 4 is 23.4 Å². The number of nitrogens with zero attached hydrogens (tertiary/aromatic N) is 1. The summed E-state index contributed by atoms with van der Waals surface area (Å²) in [6, 6.07) is 18.4. The second-order valence-electron chi connectivity index (χ2n) is 8.63. The third-order valence-electron chi connectivity index (χ3n) is 6.96. The maximum atomic E-state index is 6.14. The van der Waals surface area contributed by atoms with E-state index in [4.69, 9.17) is 16.3 Å². The molecule has 0 radical (unpaired) electrons. The molecular weight excluding hydrogens is 412 g/mol. The van der Waals surface area contributed by atoms with Crippen LogP contribution in [0.5, 0.6) is 5.75 Å². The number of hydrogen-bond acceptors (Lipinski definition) is 4. The average molecular weight is 445 g/mol. The van der Waals surface area contributed by atoms with Crippen LogP contribution in [-0.4, -0.2) is 50.0 Å². The zero-order chi connectivity index (χ0) is 20.9. The third-order valence-corrected chi connectivity index (χ3v) is 8.24. The number of fused-ring (bicyclic) bond motifs is 2. The molecule has 0 saturated carbocycles. The Hall–Kier alpha value is -1.20. The highest BCUT2D eigenvalue weighted by Gasteiger charge is 2.45. The zero-order valence-corrected chi connectivity index (χ0v) is 19.6. The number of halogens is 1. The van der Waals surface area contributed by atoms with Crippen molar-refractivity contribution in [2.45, 2.75) is 43.0 Å². The van der Waals surface area contributed by atoms with E-state index in [1.807, 2.05) is 23.9 Å². The van der Waals surface area contributed by atoms with Gasteiger partial charge in [0.2, 0.25) is 0 Å². The van der Waals surface area contributed by atoms with Crippen molar-refractivity contribution in [2.24, 2.45) is 5.92 Å². The van der Waals surface area contributed by atoms with Crippen LogP contribution in [0, 0.1) is 5.92 Å². The summed E-state index contributed by atoms with van der Waals surface area (Å²) in [7, 11) is 4.04. The van der Waals surface area contributed by atoms with Crippen LogP contribution in [0.15, 0.2) is 48.5 Å². The van der Waals surface area contributed by atoms with Gasteiger partial charge < -0.3 is 15.0 Å². The Bertz CT molecular complexity index is 798. The third kappa shape index (κ3) is 5.16. The molecule has 2 aromatic carbocycles. The quantitative estimate of drug-likeness (QED) is 0.520. The van der Waals surface area contributed by atoms with E-state index in [2.05, 4.69) is 53.7 Å². The topological polar surface area (TPSA) is 24.5 Å². The zero-order valence-electron chi connectivity index (χ0n) is 18.0. The fourth-order valence-corrected chi connectivity index (χ4v) is 6.26. The molecule has 0 aliphatic carbocycles. The van der Waals surface area contributed by atoms with Gasteiger partial charge in [0.25, 0.3) is 0 Å². The minimum Gasteiger partial charge on any atom is -0.497 e. The van der Waals surface area contributed by atoms with E-state index >= 15 is 0 Å². The molecule has 0 aromatic heterocycles. The largest absolute Gasteiger partial charge is 0.497 e. The van der Waals surface area contributed by atoms with E-state index in [-0.39, 0.29) is 0 Å². The van der Waals surface area contributed by atoms with Crippen molar-refractivity contribution in [1.82, 2.24) is 10.2 Å². The summed E-state index contributed by atoms with van der Waals surface area (Å²) in [6.07, 6.45) is 3.95. The van der Waals surface area contributed by atoms with E-state index in [0.717, 1.165) is 41.4 Å². The number of rotatable bonds is 9. The minimum atomic E-state index is 0.635. The molecule has 5 heteroatoms. The van der Waals surface area contributed by atoms with E-state index in [9.17, 15) is 0 Å². The summed E-state index contributed by atoms with van der Waals surface area (Å²) in [6.45, 7) is 2.16. The van der Waals surface area contributed by atoms with Crippen molar-refractivity contribution in [3.63, 3.8) is 0 Å². The molecule has 0 amide bonds. The minimum absolute atomic E-state index is 0.635. The average Bonchev–Trinajstić information content (AvgIpc) is 3.01. The second-order valence-corrected chi connectivity index (χ2v) is 10.2. The maximum absolute atomic E-state index is 6.14. The van der Waals surface area contributed by atoms with Gasteiger partial charge in [-0.05, 0) is 73.5 Å². The lowest BCUT2D eigenvalue weighted by molar-refractivity contribution is 0.0993. The van der Waals surface area contributed by atoms with Crippen LogP contribution in [0.3, 0.4) is 0 Å². The molecular formula is C25H33ClN2OS. The summed E-state index contributed by atoms with van der Waals surface area (Å²) < 4.78 is 5.23. The van der Waals surface area contributed by atoms with Crippen LogP contribution < -0.4 is 10.1 Å². The first kappa shape index (κ1) is 22.0. The number of piperidine rings is 1. The van der Waals surface area contributed by atoms with Crippen LogP contribution in [0.2, 0.25) is 5.02 Å². The van der Waals surface area contributed by atoms with E-state index < -0.39 is 0 Å². The predicted octanol–water partition coefficient (Wildman–Crippen LogP) is 5.44. The summed E-state index contributed by atoms with van der Waals surface area (Å²) in [5.74, 6) is 4.41. The van der Waals surface area contributed by atoms with Gasteiger partial charge in [0.15, 0.2) is 0 Å². The lowest BCUT2D eigenvalue weighted by atomic mass is 9.76. The van der Waals surface area contributed by atoms with Crippen molar-refractivity contribution in [1.29, 1.82) is 0 Å². The molecule has 2 saturated heterocycles. The molecule has 4 atom stereocenters. The van der Waals surface area contributed by atoms with Crippen LogP contribution in [0.4, 0.5) is 0 Å². The Labute approximate surface area is 190 Å². The highest BCUT2D eigenvalue weighted by atomic mass is 35.5. The molecule has 2 aliphatic heterocycles. The summed E-state index contributed by atoms with van der Waals surface area (Å²) in [4.78, 5) is 2.65. The van der Waals surface area contributed by atoms with Crippen LogP contribution in [0.1, 0.15) is 36.3 Å². The molecule has 162 valence electrons. The molecule has 1 N–H and O–H groups in total. The normalized spacial score (nSPS) is 26.1. The van der Waals surface area contributed by atoms with Gasteiger partial charge in [-0.15, -0.1) is 0 Å². The van der Waals surface area contributed by atoms with Crippen molar-refractivity contribution in [2.75, 3.05) is 33.0 Å². The van der Waals surface area contributed by atoms with Crippen molar-refractivity contribution in [3.8, 4) is 5.75 Å². The lowest BCUT2D eigenvalue weighted by Gasteiger charge is -2.43. The highest BCUT2D eigenvalue weighted by Crippen LogP contribution is 2.46. The van der Waals surface area contributed by atoms with Gasteiger partial charge >= 0.3 is 0 Å². The first-order valence-corrected chi connectivity index (χ1v) is 12.6. The van der Waals surface area contributed by atoms with Gasteiger partial charge in [0, 0.05) is 41.7 Å². The number of benzene rings is 2. The molecule has 2 aromatic rings. The Kier molecular flexibility index (Phi) is 7.64. The van der Waals surface area contributed by atoms with Crippen LogP contribution in [-0.2, 0) is 5.75 Å². The van der Waals surface area contributed by atoms with Gasteiger partial charge in [0.1, 0.15) is 5.75 Å². The maximum Gasteiger partial charge on any atom is 0.118 e. The number of nitrogens with one attached hydrogen (secondary N) is 1. The SMILES string of the molecule is COc1ccc(CSCCNCC2C(c3ccc(Cl)cc3)CC3CCC2N3C)cc1. The first-order chi connectivity index (χ1) is 14.7.